The average molecular weight is 343 g/mol. The number of carbonyl (C=O) groups excluding carboxylic acids is 1. The lowest BCUT2D eigenvalue weighted by atomic mass is 10.2. The summed E-state index contributed by atoms with van der Waals surface area (Å²) in [4.78, 5) is 29.1. The molecule has 1 aliphatic rings. The molecule has 1 N–H and O–H groups in total. The molecule has 0 saturated carbocycles. The van der Waals surface area contributed by atoms with Crippen LogP contribution >= 0.6 is 0 Å². The number of anilines is 1. The van der Waals surface area contributed by atoms with Crippen molar-refractivity contribution in [2.24, 2.45) is 0 Å². The summed E-state index contributed by atoms with van der Waals surface area (Å²) < 4.78 is 5.47. The highest BCUT2D eigenvalue weighted by Crippen LogP contribution is 2.19. The van der Waals surface area contributed by atoms with Crippen molar-refractivity contribution >= 4 is 11.9 Å². The molecule has 1 saturated heterocycles. The Morgan fingerprint density at radius 1 is 1.28 bits per heavy atom. The molecule has 0 unspecified atom stereocenters. The number of rotatable bonds is 4. The molecule has 1 aliphatic heterocycles. The van der Waals surface area contributed by atoms with Gasteiger partial charge in [0.05, 0.1) is 6.61 Å². The van der Waals surface area contributed by atoms with E-state index in [9.17, 15) is 9.90 Å². The first kappa shape index (κ1) is 16.9. The zero-order valence-electron chi connectivity index (χ0n) is 14.3. The number of aromatic hydroxyl groups is 1. The molecule has 0 spiro atoms. The molecule has 0 radical (unpaired) electrons. The lowest BCUT2D eigenvalue weighted by Gasteiger charge is -2.34. The second-order valence-electron chi connectivity index (χ2n) is 5.73. The minimum absolute atomic E-state index is 0.0846. The number of hydrogen-bond donors (Lipinski definition) is 1. The fourth-order valence-corrected chi connectivity index (χ4v) is 2.71. The van der Waals surface area contributed by atoms with Crippen LogP contribution in [0.5, 0.6) is 11.6 Å². The Morgan fingerprint density at radius 2 is 2.04 bits per heavy atom. The van der Waals surface area contributed by atoms with Gasteiger partial charge in [0.2, 0.25) is 11.8 Å². The molecule has 0 atom stereocenters. The van der Waals surface area contributed by atoms with Crippen molar-refractivity contribution in [3.63, 3.8) is 0 Å². The van der Waals surface area contributed by atoms with Crippen molar-refractivity contribution in [2.75, 3.05) is 37.7 Å². The first-order valence-electron chi connectivity index (χ1n) is 8.25. The van der Waals surface area contributed by atoms with Gasteiger partial charge in [-0.25, -0.2) is 9.97 Å². The number of aryl methyl sites for hydroxylation is 1. The quantitative estimate of drug-likeness (QED) is 0.893. The van der Waals surface area contributed by atoms with Crippen LogP contribution in [0.2, 0.25) is 0 Å². The van der Waals surface area contributed by atoms with Gasteiger partial charge in [0.1, 0.15) is 5.75 Å². The van der Waals surface area contributed by atoms with Gasteiger partial charge in [-0.05, 0) is 26.0 Å². The van der Waals surface area contributed by atoms with Crippen LogP contribution in [0.3, 0.4) is 0 Å². The van der Waals surface area contributed by atoms with Gasteiger partial charge in [-0.1, -0.05) is 0 Å². The second kappa shape index (κ2) is 7.33. The summed E-state index contributed by atoms with van der Waals surface area (Å²) in [5.41, 5.74) is 0.923. The minimum atomic E-state index is -0.266. The topological polar surface area (TPSA) is 91.7 Å². The number of amides is 1. The van der Waals surface area contributed by atoms with Crippen LogP contribution in [-0.2, 0) is 0 Å². The van der Waals surface area contributed by atoms with E-state index < -0.39 is 0 Å². The Bertz CT molecular complexity index is 760. The van der Waals surface area contributed by atoms with Gasteiger partial charge in [-0.15, -0.1) is 0 Å². The van der Waals surface area contributed by atoms with Gasteiger partial charge in [0.25, 0.3) is 5.91 Å². The summed E-state index contributed by atoms with van der Waals surface area (Å²) in [7, 11) is 0. The van der Waals surface area contributed by atoms with Gasteiger partial charge < -0.3 is 19.6 Å². The molecule has 3 rings (SSSR count). The largest absolute Gasteiger partial charge is 0.505 e. The minimum Gasteiger partial charge on any atom is -0.505 e. The summed E-state index contributed by atoms with van der Waals surface area (Å²) in [5, 5.41) is 9.80. The van der Waals surface area contributed by atoms with Crippen molar-refractivity contribution in [3.05, 3.63) is 35.8 Å². The fraction of sp³-hybridized carbons (Fsp3) is 0.412. The smallest absolute Gasteiger partial charge is 0.276 e. The summed E-state index contributed by atoms with van der Waals surface area (Å²) in [6.45, 7) is 6.59. The molecule has 1 fully saturated rings. The van der Waals surface area contributed by atoms with E-state index in [0.29, 0.717) is 44.6 Å². The zero-order chi connectivity index (χ0) is 17.8. The van der Waals surface area contributed by atoms with Gasteiger partial charge >= 0.3 is 0 Å². The van der Waals surface area contributed by atoms with E-state index >= 15 is 0 Å². The third kappa shape index (κ3) is 3.78. The molecule has 8 heteroatoms. The first-order chi connectivity index (χ1) is 12.1. The van der Waals surface area contributed by atoms with Crippen molar-refractivity contribution in [1.82, 2.24) is 19.9 Å². The summed E-state index contributed by atoms with van der Waals surface area (Å²) in [5.74, 6) is 0.800. The van der Waals surface area contributed by atoms with Crippen LogP contribution in [0, 0.1) is 6.92 Å². The average Bonchev–Trinajstić information content (AvgIpc) is 2.61. The first-order valence-corrected chi connectivity index (χ1v) is 8.25. The molecule has 0 aromatic carbocycles. The van der Waals surface area contributed by atoms with E-state index in [1.54, 1.807) is 17.0 Å². The van der Waals surface area contributed by atoms with E-state index in [-0.39, 0.29) is 17.4 Å². The normalized spacial score (nSPS) is 14.5. The lowest BCUT2D eigenvalue weighted by molar-refractivity contribution is 0.0737. The van der Waals surface area contributed by atoms with Crippen LogP contribution in [0.4, 0.5) is 5.95 Å². The fourth-order valence-electron chi connectivity index (χ4n) is 2.71. The van der Waals surface area contributed by atoms with E-state index in [2.05, 4.69) is 15.0 Å². The molecule has 1 amide bonds. The van der Waals surface area contributed by atoms with Crippen molar-refractivity contribution < 1.29 is 14.6 Å². The third-order valence-corrected chi connectivity index (χ3v) is 3.95. The van der Waals surface area contributed by atoms with Crippen LogP contribution in [0.1, 0.15) is 23.1 Å². The molecular weight excluding hydrogens is 322 g/mol. The van der Waals surface area contributed by atoms with Crippen molar-refractivity contribution in [2.45, 2.75) is 13.8 Å². The molecule has 3 heterocycles. The summed E-state index contributed by atoms with van der Waals surface area (Å²) >= 11 is 0. The van der Waals surface area contributed by atoms with Crippen molar-refractivity contribution in [3.8, 4) is 11.6 Å². The Morgan fingerprint density at radius 3 is 2.72 bits per heavy atom. The maximum Gasteiger partial charge on any atom is 0.276 e. The molecule has 0 bridgehead atoms. The summed E-state index contributed by atoms with van der Waals surface area (Å²) in [6, 6.07) is 4.86. The predicted molar refractivity (Wildman–Crippen MR) is 92.0 cm³/mol. The zero-order valence-corrected chi connectivity index (χ0v) is 14.3. The standard InChI is InChI=1S/C17H21N5O3/c1-3-25-14-11-12(2)19-17(20-14)22-9-7-21(8-10-22)16(24)15-13(23)5-4-6-18-15/h4-6,11,23H,3,7-10H2,1-2H3. The molecule has 2 aromatic rings. The van der Waals surface area contributed by atoms with E-state index in [4.69, 9.17) is 4.74 Å². The van der Waals surface area contributed by atoms with Crippen molar-refractivity contribution in [1.29, 1.82) is 0 Å². The predicted octanol–water partition coefficient (Wildman–Crippen LogP) is 1.25. The number of ether oxygens (including phenoxy) is 1. The van der Waals surface area contributed by atoms with E-state index in [0.717, 1.165) is 5.69 Å². The molecule has 0 aliphatic carbocycles. The van der Waals surface area contributed by atoms with E-state index in [1.807, 2.05) is 18.7 Å². The summed E-state index contributed by atoms with van der Waals surface area (Å²) in [6.07, 6.45) is 1.50. The number of hydrogen-bond acceptors (Lipinski definition) is 7. The van der Waals surface area contributed by atoms with Gasteiger partial charge in [-0.2, -0.15) is 4.98 Å². The highest BCUT2D eigenvalue weighted by molar-refractivity contribution is 5.94. The van der Waals surface area contributed by atoms with Crippen LogP contribution in [-0.4, -0.2) is 63.7 Å². The van der Waals surface area contributed by atoms with Crippen LogP contribution in [0.25, 0.3) is 0 Å². The maximum atomic E-state index is 12.5. The molecule has 25 heavy (non-hydrogen) atoms. The monoisotopic (exact) mass is 343 g/mol. The molecular formula is C17H21N5O3. The third-order valence-electron chi connectivity index (χ3n) is 3.95. The van der Waals surface area contributed by atoms with Gasteiger partial charge in [0.15, 0.2) is 5.69 Å². The second-order valence-corrected chi connectivity index (χ2v) is 5.73. The van der Waals surface area contributed by atoms with Crippen LogP contribution in [0.15, 0.2) is 24.4 Å². The highest BCUT2D eigenvalue weighted by Gasteiger charge is 2.26. The van der Waals surface area contributed by atoms with Gasteiger partial charge in [-0.3, -0.25) is 4.79 Å². The lowest BCUT2D eigenvalue weighted by Crippen LogP contribution is -2.49. The Balaban J connectivity index is 1.68. The van der Waals surface area contributed by atoms with Crippen LogP contribution < -0.4 is 9.64 Å². The molecule has 132 valence electrons. The van der Waals surface area contributed by atoms with Gasteiger partial charge in [0, 0.05) is 44.1 Å². The maximum absolute atomic E-state index is 12.5. The number of pyridine rings is 1. The number of piperazine rings is 1. The SMILES string of the molecule is CCOc1cc(C)nc(N2CCN(C(=O)c3ncccc3O)CC2)n1. The Labute approximate surface area is 146 Å². The number of nitrogens with zero attached hydrogens (tertiary/aromatic N) is 5. The number of aromatic nitrogens is 3. The highest BCUT2D eigenvalue weighted by atomic mass is 16.5. The molecule has 8 nitrogen and oxygen atoms in total. The van der Waals surface area contributed by atoms with E-state index in [1.165, 1.54) is 12.3 Å². The number of carbonyl (C=O) groups is 1. The Kier molecular flexibility index (Phi) is 4.97. The molecule has 2 aromatic heterocycles. The Hall–Kier alpha value is -2.90.